The van der Waals surface area contributed by atoms with E-state index < -0.39 is 29.4 Å². The number of carbonyl (C=O) groups excluding carboxylic acids is 1. The van der Waals surface area contributed by atoms with Gasteiger partial charge in [-0.1, -0.05) is 41.9 Å². The fourth-order valence-corrected chi connectivity index (χ4v) is 8.38. The smallest absolute Gasteiger partial charge is 0.412 e. The predicted octanol–water partition coefficient (Wildman–Crippen LogP) is 9.28. The molecule has 6 rings (SSSR count). The van der Waals surface area contributed by atoms with Crippen molar-refractivity contribution in [2.75, 3.05) is 5.32 Å². The number of aryl methyl sites for hydroxylation is 1. The summed E-state index contributed by atoms with van der Waals surface area (Å²) in [4.78, 5) is 26.9. The summed E-state index contributed by atoms with van der Waals surface area (Å²) in [6, 6.07) is 16.2. The normalized spacial score (nSPS) is 14.7. The van der Waals surface area contributed by atoms with Crippen molar-refractivity contribution in [2.45, 2.75) is 38.2 Å². The first-order chi connectivity index (χ1) is 19.2. The molecule has 11 heteroatoms. The molecular weight excluding hydrogens is 591 g/mol. The van der Waals surface area contributed by atoms with Gasteiger partial charge in [0.05, 0.1) is 26.6 Å². The molecule has 3 heterocycles. The highest BCUT2D eigenvalue weighted by Gasteiger charge is 2.53. The second-order valence-corrected chi connectivity index (χ2v) is 13.1. The predicted molar refractivity (Wildman–Crippen MR) is 159 cm³/mol. The third-order valence-corrected chi connectivity index (χ3v) is 10.8. The number of carboxylic acid groups (broad SMARTS) is 1. The minimum absolute atomic E-state index is 0.262. The molecule has 0 aliphatic heterocycles. The van der Waals surface area contributed by atoms with E-state index in [1.54, 1.807) is 0 Å². The van der Waals surface area contributed by atoms with Gasteiger partial charge in [-0.15, -0.1) is 22.7 Å². The first kappa shape index (κ1) is 26.9. The molecule has 0 bridgehead atoms. The van der Waals surface area contributed by atoms with Crippen LogP contribution in [0.3, 0.4) is 0 Å². The lowest BCUT2D eigenvalue weighted by Crippen LogP contribution is -2.20. The van der Waals surface area contributed by atoms with E-state index in [-0.39, 0.29) is 5.02 Å². The van der Waals surface area contributed by atoms with Crippen molar-refractivity contribution in [2.24, 2.45) is 0 Å². The van der Waals surface area contributed by atoms with Gasteiger partial charge in [-0.25, -0.2) is 9.18 Å². The van der Waals surface area contributed by atoms with Crippen molar-refractivity contribution in [3.8, 4) is 20.2 Å². The number of carbonyl (C=O) groups is 2. The number of nitrogens with zero attached hydrogens (tertiary/aromatic N) is 1. The molecule has 1 fully saturated rings. The van der Waals surface area contributed by atoms with E-state index >= 15 is 4.39 Å². The summed E-state index contributed by atoms with van der Waals surface area (Å²) in [5.74, 6) is -1.47. The van der Waals surface area contributed by atoms with Crippen molar-refractivity contribution in [1.29, 1.82) is 0 Å². The third-order valence-electron chi connectivity index (χ3n) is 7.07. The van der Waals surface area contributed by atoms with Crippen molar-refractivity contribution < 1.29 is 23.8 Å². The molecule has 0 saturated heterocycles. The molecular formula is C29H22ClFN2O4S3. The van der Waals surface area contributed by atoms with Crippen molar-refractivity contribution in [1.82, 2.24) is 4.37 Å². The Balaban J connectivity index is 1.24. The molecule has 0 radical (unpaired) electrons. The summed E-state index contributed by atoms with van der Waals surface area (Å²) in [5, 5.41) is 12.7. The highest BCUT2D eigenvalue weighted by Crippen LogP contribution is 2.52. The lowest BCUT2D eigenvalue weighted by Gasteiger charge is -2.14. The van der Waals surface area contributed by atoms with Gasteiger partial charge in [-0.05, 0) is 73.6 Å². The zero-order valence-corrected chi connectivity index (χ0v) is 24.5. The highest BCUT2D eigenvalue weighted by molar-refractivity contribution is 7.32. The molecule has 1 saturated carbocycles. The minimum atomic E-state index is -1.08. The molecule has 2 aromatic carbocycles. The van der Waals surface area contributed by atoms with Gasteiger partial charge in [0, 0.05) is 24.9 Å². The van der Waals surface area contributed by atoms with E-state index in [2.05, 4.69) is 9.69 Å². The minimum Gasteiger partial charge on any atom is -0.481 e. The molecule has 2 N–H and O–H groups in total. The van der Waals surface area contributed by atoms with Crippen LogP contribution in [0.2, 0.25) is 5.02 Å². The number of hydrogen-bond donors (Lipinski definition) is 2. The number of ether oxygens (including phenoxy) is 1. The Morgan fingerprint density at radius 1 is 1.10 bits per heavy atom. The quantitative estimate of drug-likeness (QED) is 0.191. The zero-order chi connectivity index (χ0) is 28.2. The van der Waals surface area contributed by atoms with E-state index in [1.165, 1.54) is 46.3 Å². The fourth-order valence-electron chi connectivity index (χ4n) is 4.68. The van der Waals surface area contributed by atoms with Crippen LogP contribution in [0.1, 0.15) is 42.7 Å². The van der Waals surface area contributed by atoms with E-state index in [0.717, 1.165) is 24.7 Å². The van der Waals surface area contributed by atoms with Crippen LogP contribution in [0.15, 0.2) is 54.6 Å². The summed E-state index contributed by atoms with van der Waals surface area (Å²) in [5.41, 5.74) is 1.79. The summed E-state index contributed by atoms with van der Waals surface area (Å²) in [6.45, 7) is 3.65. The molecule has 6 nitrogen and oxygen atoms in total. The topological polar surface area (TPSA) is 88.5 Å². The summed E-state index contributed by atoms with van der Waals surface area (Å²) in [6.07, 6.45) is -0.0661. The molecule has 204 valence electrons. The Hall–Kier alpha value is -3.31. The Morgan fingerprint density at radius 3 is 2.45 bits per heavy atom. The molecule has 3 aromatic heterocycles. The summed E-state index contributed by atoms with van der Waals surface area (Å²) >= 11 is 10.7. The lowest BCUT2D eigenvalue weighted by molar-refractivity contribution is -0.140. The summed E-state index contributed by atoms with van der Waals surface area (Å²) in [7, 11) is 0. The molecule has 1 aliphatic carbocycles. The maximum Gasteiger partial charge on any atom is 0.412 e. The van der Waals surface area contributed by atoms with E-state index in [4.69, 9.17) is 16.3 Å². The third kappa shape index (κ3) is 4.79. The molecule has 1 aliphatic rings. The van der Waals surface area contributed by atoms with Crippen LogP contribution in [0.4, 0.5) is 14.9 Å². The maximum absolute atomic E-state index is 15.2. The monoisotopic (exact) mass is 612 g/mol. The Bertz CT molecular complexity index is 1740. The average molecular weight is 613 g/mol. The largest absolute Gasteiger partial charge is 0.481 e. The van der Waals surface area contributed by atoms with Gasteiger partial charge in [0.15, 0.2) is 0 Å². The molecule has 1 amide bonds. The van der Waals surface area contributed by atoms with Gasteiger partial charge in [0.2, 0.25) is 0 Å². The van der Waals surface area contributed by atoms with Gasteiger partial charge in [-0.3, -0.25) is 10.1 Å². The number of fused-ring (bicyclic) bond motifs is 1. The lowest BCUT2D eigenvalue weighted by atomic mass is 9.94. The maximum atomic E-state index is 15.2. The Kier molecular flexibility index (Phi) is 6.90. The van der Waals surface area contributed by atoms with Crippen LogP contribution in [0, 0.1) is 12.7 Å². The van der Waals surface area contributed by atoms with Gasteiger partial charge in [0.1, 0.15) is 11.9 Å². The number of rotatable bonds is 7. The number of halogens is 2. The van der Waals surface area contributed by atoms with E-state index in [1.807, 2.05) is 56.3 Å². The number of amides is 1. The number of aromatic nitrogens is 1. The average Bonchev–Trinajstić information content (AvgIpc) is 3.34. The van der Waals surface area contributed by atoms with Gasteiger partial charge in [0.25, 0.3) is 0 Å². The Labute approximate surface area is 246 Å². The second-order valence-electron chi connectivity index (χ2n) is 9.70. The van der Waals surface area contributed by atoms with Crippen molar-refractivity contribution >= 4 is 73.0 Å². The van der Waals surface area contributed by atoms with Crippen LogP contribution < -0.4 is 5.32 Å². The number of aliphatic carboxylic acids is 1. The molecule has 1 atom stereocenters. The van der Waals surface area contributed by atoms with E-state index in [0.29, 0.717) is 40.2 Å². The van der Waals surface area contributed by atoms with Crippen LogP contribution in [-0.4, -0.2) is 21.5 Å². The zero-order valence-electron chi connectivity index (χ0n) is 21.3. The summed E-state index contributed by atoms with van der Waals surface area (Å²) < 4.78 is 27.1. The Morgan fingerprint density at radius 2 is 1.77 bits per heavy atom. The van der Waals surface area contributed by atoms with Gasteiger partial charge in [-0.2, -0.15) is 4.37 Å². The molecule has 40 heavy (non-hydrogen) atoms. The fraction of sp³-hybridized carbons (Fsp3) is 0.207. The number of carboxylic acids is 1. The molecule has 0 spiro atoms. The van der Waals surface area contributed by atoms with Crippen LogP contribution in [0.5, 0.6) is 0 Å². The number of thiophene rings is 2. The standard InChI is InChI=1S/C29H22ClFN2O4S3/c1-14-25(32-28(36)37-15(2)16-6-4-3-5-7-16)26(40-33-14)24-13-23-22(39-24)12-21(38-23)17-10-19(30)18(11-20(17)31)29(8-9-29)27(34)35/h3-7,10-13,15H,8-9H2,1-2H3,(H,32,36)(H,34,35). The highest BCUT2D eigenvalue weighted by atomic mass is 35.5. The van der Waals surface area contributed by atoms with Crippen LogP contribution in [-0.2, 0) is 14.9 Å². The number of hydrogen-bond acceptors (Lipinski definition) is 7. The molecule has 5 aromatic rings. The van der Waals surface area contributed by atoms with Crippen molar-refractivity contribution in [3.05, 3.63) is 82.3 Å². The second kappa shape index (κ2) is 10.3. The number of benzene rings is 2. The number of anilines is 1. The van der Waals surface area contributed by atoms with Gasteiger partial charge >= 0.3 is 12.1 Å². The van der Waals surface area contributed by atoms with E-state index in [9.17, 15) is 14.7 Å². The first-order valence-electron chi connectivity index (χ1n) is 12.4. The van der Waals surface area contributed by atoms with Gasteiger partial charge < -0.3 is 9.84 Å². The molecule has 1 unspecified atom stereocenters. The van der Waals surface area contributed by atoms with Crippen LogP contribution >= 0.6 is 45.8 Å². The van der Waals surface area contributed by atoms with Crippen molar-refractivity contribution in [3.63, 3.8) is 0 Å². The number of nitrogens with one attached hydrogen (secondary N) is 1. The first-order valence-corrected chi connectivity index (χ1v) is 15.2. The SMILES string of the molecule is Cc1nsc(-c2cc3sc(-c4cc(Cl)c(C5(C(=O)O)CC5)cc4F)cc3s2)c1NC(=O)OC(C)c1ccccc1. The van der Waals surface area contributed by atoms with Crippen LogP contribution in [0.25, 0.3) is 29.6 Å².